The monoisotopic (exact) mass is 188 g/mol. The van der Waals surface area contributed by atoms with Crippen LogP contribution in [-0.4, -0.2) is 35.7 Å². The van der Waals surface area contributed by atoms with E-state index in [4.69, 9.17) is 5.73 Å². The van der Waals surface area contributed by atoms with Gasteiger partial charge in [0, 0.05) is 24.8 Å². The Morgan fingerprint density at radius 2 is 2.33 bits per heavy atom. The Labute approximate surface area is 78.7 Å². The minimum atomic E-state index is 0.243. The lowest BCUT2D eigenvalue weighted by molar-refractivity contribution is -0.127. The average molecular weight is 188 g/mol. The molecule has 0 aromatic carbocycles. The number of thiol groups is 1. The molecule has 0 spiro atoms. The molecule has 0 aliphatic carbocycles. The highest BCUT2D eigenvalue weighted by Gasteiger charge is 2.25. The van der Waals surface area contributed by atoms with E-state index in [9.17, 15) is 4.79 Å². The van der Waals surface area contributed by atoms with Crippen molar-refractivity contribution in [3.8, 4) is 0 Å². The van der Waals surface area contributed by atoms with Gasteiger partial charge in [0.05, 0.1) is 0 Å². The number of hydrogen-bond acceptors (Lipinski definition) is 3. The summed E-state index contributed by atoms with van der Waals surface area (Å²) >= 11 is 4.27. The number of carbonyl (C=O) groups excluding carboxylic acids is 1. The predicted octanol–water partition coefficient (Wildman–Crippen LogP) is 0.256. The molecule has 1 aliphatic heterocycles. The maximum absolute atomic E-state index is 11.2. The van der Waals surface area contributed by atoms with E-state index in [0.717, 1.165) is 25.9 Å². The molecule has 2 N–H and O–H groups in total. The zero-order valence-electron chi connectivity index (χ0n) is 7.20. The first-order valence-electron chi connectivity index (χ1n) is 4.40. The number of nitrogens with two attached hydrogens (primary N) is 1. The summed E-state index contributed by atoms with van der Waals surface area (Å²) in [4.78, 5) is 13.1. The van der Waals surface area contributed by atoms with Gasteiger partial charge >= 0.3 is 0 Å². The highest BCUT2D eigenvalue weighted by molar-refractivity contribution is 7.81. The first-order chi connectivity index (χ1) is 5.74. The van der Waals surface area contributed by atoms with E-state index in [2.05, 4.69) is 12.6 Å². The van der Waals surface area contributed by atoms with Gasteiger partial charge in [-0.15, -0.1) is 0 Å². The van der Waals surface area contributed by atoms with Gasteiger partial charge in [-0.05, 0) is 19.4 Å². The Balaban J connectivity index is 2.19. The quantitative estimate of drug-likeness (QED) is 0.491. The van der Waals surface area contributed by atoms with Crippen molar-refractivity contribution in [3.63, 3.8) is 0 Å². The first kappa shape index (κ1) is 9.86. The van der Waals surface area contributed by atoms with Crippen molar-refractivity contribution < 1.29 is 4.79 Å². The summed E-state index contributed by atoms with van der Waals surface area (Å²) in [7, 11) is 0. The fourth-order valence-electron chi connectivity index (χ4n) is 1.41. The molecule has 1 amide bonds. The molecule has 1 fully saturated rings. The summed E-state index contributed by atoms with van der Waals surface area (Å²) in [6.07, 6.45) is 2.62. The molecule has 1 atom stereocenters. The maximum Gasteiger partial charge on any atom is 0.223 e. The topological polar surface area (TPSA) is 46.3 Å². The molecular formula is C8H16N2OS. The van der Waals surface area contributed by atoms with E-state index in [1.807, 2.05) is 4.90 Å². The smallest absolute Gasteiger partial charge is 0.223 e. The third-order valence-corrected chi connectivity index (χ3v) is 2.42. The van der Waals surface area contributed by atoms with Crippen molar-refractivity contribution >= 4 is 18.5 Å². The Kier molecular flexibility index (Phi) is 3.88. The van der Waals surface area contributed by atoms with E-state index in [-0.39, 0.29) is 11.2 Å². The molecule has 4 heteroatoms. The second kappa shape index (κ2) is 4.72. The molecule has 70 valence electrons. The molecule has 0 aromatic rings. The summed E-state index contributed by atoms with van der Waals surface area (Å²) in [5, 5.41) is 0.246. The van der Waals surface area contributed by atoms with Gasteiger partial charge in [-0.3, -0.25) is 4.79 Å². The molecule has 1 rings (SSSR count). The van der Waals surface area contributed by atoms with Crippen LogP contribution in [0.5, 0.6) is 0 Å². The lowest BCUT2D eigenvalue weighted by Crippen LogP contribution is -2.26. The van der Waals surface area contributed by atoms with Crippen LogP contribution in [0.3, 0.4) is 0 Å². The largest absolute Gasteiger partial charge is 0.342 e. The molecule has 1 aliphatic rings. The number of nitrogens with zero attached hydrogens (tertiary/aromatic N) is 1. The Morgan fingerprint density at radius 3 is 2.83 bits per heavy atom. The molecule has 3 nitrogen and oxygen atoms in total. The average Bonchev–Trinajstić information content (AvgIpc) is 2.31. The van der Waals surface area contributed by atoms with Crippen molar-refractivity contribution in [1.29, 1.82) is 0 Å². The van der Waals surface area contributed by atoms with E-state index in [0.29, 0.717) is 13.0 Å². The van der Waals surface area contributed by atoms with Gasteiger partial charge < -0.3 is 10.6 Å². The number of hydrogen-bond donors (Lipinski definition) is 2. The van der Waals surface area contributed by atoms with Gasteiger partial charge in [0.25, 0.3) is 0 Å². The van der Waals surface area contributed by atoms with Crippen molar-refractivity contribution in [3.05, 3.63) is 0 Å². The molecule has 0 aromatic heterocycles. The van der Waals surface area contributed by atoms with Crippen LogP contribution >= 0.6 is 12.6 Å². The molecule has 0 bridgehead atoms. The molecule has 0 radical (unpaired) electrons. The molecular weight excluding hydrogens is 172 g/mol. The highest BCUT2D eigenvalue weighted by atomic mass is 32.1. The van der Waals surface area contributed by atoms with Gasteiger partial charge in [0.15, 0.2) is 0 Å². The molecule has 1 saturated heterocycles. The van der Waals surface area contributed by atoms with Crippen LogP contribution < -0.4 is 5.73 Å². The maximum atomic E-state index is 11.2. The van der Waals surface area contributed by atoms with Gasteiger partial charge in [-0.2, -0.15) is 12.6 Å². The minimum absolute atomic E-state index is 0.243. The van der Waals surface area contributed by atoms with Crippen molar-refractivity contribution in [2.75, 3.05) is 19.6 Å². The van der Waals surface area contributed by atoms with Gasteiger partial charge in [-0.1, -0.05) is 0 Å². The van der Waals surface area contributed by atoms with E-state index < -0.39 is 0 Å². The predicted molar refractivity (Wildman–Crippen MR) is 52.3 cm³/mol. The summed E-state index contributed by atoms with van der Waals surface area (Å²) in [5.74, 6) is 0.243. The molecule has 0 saturated carbocycles. The molecule has 1 unspecified atom stereocenters. The lowest BCUT2D eigenvalue weighted by Gasteiger charge is -2.14. The highest BCUT2D eigenvalue weighted by Crippen LogP contribution is 2.15. The third-order valence-electron chi connectivity index (χ3n) is 2.08. The number of carbonyl (C=O) groups is 1. The van der Waals surface area contributed by atoms with Crippen molar-refractivity contribution in [2.45, 2.75) is 24.5 Å². The third kappa shape index (κ3) is 2.68. The van der Waals surface area contributed by atoms with Crippen LogP contribution in [0.25, 0.3) is 0 Å². The number of amides is 1. The molecule has 12 heavy (non-hydrogen) atoms. The normalized spacial score (nSPS) is 23.7. The summed E-state index contributed by atoms with van der Waals surface area (Å²) < 4.78 is 0. The van der Waals surface area contributed by atoms with Crippen LogP contribution in [0.4, 0.5) is 0 Å². The van der Waals surface area contributed by atoms with Gasteiger partial charge in [-0.25, -0.2) is 0 Å². The Bertz CT molecular complexity index is 163. The zero-order chi connectivity index (χ0) is 8.97. The van der Waals surface area contributed by atoms with Crippen LogP contribution in [0.15, 0.2) is 0 Å². The summed E-state index contributed by atoms with van der Waals surface area (Å²) in [6, 6.07) is 0. The minimum Gasteiger partial charge on any atom is -0.342 e. The Hall–Kier alpha value is -0.220. The first-order valence-corrected chi connectivity index (χ1v) is 4.91. The number of likely N-dealkylation sites (tertiary alicyclic amines) is 1. The van der Waals surface area contributed by atoms with E-state index >= 15 is 0 Å². The fraction of sp³-hybridized carbons (Fsp3) is 0.875. The van der Waals surface area contributed by atoms with E-state index in [1.165, 1.54) is 0 Å². The number of rotatable bonds is 4. The lowest BCUT2D eigenvalue weighted by atomic mass is 10.3. The van der Waals surface area contributed by atoms with Crippen molar-refractivity contribution in [1.82, 2.24) is 4.90 Å². The van der Waals surface area contributed by atoms with Crippen LogP contribution in [0.2, 0.25) is 0 Å². The zero-order valence-corrected chi connectivity index (χ0v) is 8.09. The SMILES string of the molecule is NCCCCN1CC(S)CC1=O. The molecule has 1 heterocycles. The van der Waals surface area contributed by atoms with Gasteiger partial charge in [0.2, 0.25) is 5.91 Å². The second-order valence-electron chi connectivity index (χ2n) is 3.19. The van der Waals surface area contributed by atoms with Crippen LogP contribution in [0.1, 0.15) is 19.3 Å². The number of unbranched alkanes of at least 4 members (excludes halogenated alkanes) is 1. The summed E-state index contributed by atoms with van der Waals surface area (Å²) in [6.45, 7) is 2.38. The Morgan fingerprint density at radius 1 is 1.58 bits per heavy atom. The summed E-state index contributed by atoms with van der Waals surface area (Å²) in [5.41, 5.74) is 5.36. The van der Waals surface area contributed by atoms with Crippen molar-refractivity contribution in [2.24, 2.45) is 5.73 Å². The van der Waals surface area contributed by atoms with Crippen LogP contribution in [0, 0.1) is 0 Å². The fourth-order valence-corrected chi connectivity index (χ4v) is 1.77. The van der Waals surface area contributed by atoms with Crippen LogP contribution in [-0.2, 0) is 4.79 Å². The second-order valence-corrected chi connectivity index (χ2v) is 3.92. The standard InChI is InChI=1S/C8H16N2OS/c9-3-1-2-4-10-6-7(12)5-8(10)11/h7,12H,1-6,9H2. The van der Waals surface area contributed by atoms with Gasteiger partial charge in [0.1, 0.15) is 0 Å². The van der Waals surface area contributed by atoms with E-state index in [1.54, 1.807) is 0 Å².